The Balaban J connectivity index is 0.000000151. The van der Waals surface area contributed by atoms with Crippen LogP contribution in [-0.2, 0) is 107 Å². The van der Waals surface area contributed by atoms with Crippen molar-refractivity contribution in [2.45, 2.75) is 106 Å². The van der Waals surface area contributed by atoms with E-state index < -0.39 is 0 Å². The molecule has 18 heteroatoms. The molecule has 3 radical (unpaired) electrons. The minimum Gasteiger partial charge on any atom is -0.512 e. The van der Waals surface area contributed by atoms with Gasteiger partial charge in [0.25, 0.3) is 0 Å². The number of pyridine rings is 5. The predicted molar refractivity (Wildman–Crippen MR) is 560 cm³/mol. The van der Waals surface area contributed by atoms with Gasteiger partial charge >= 0.3 is 21.1 Å². The molecule has 3 aliphatic rings. The Morgan fingerprint density at radius 3 is 1.28 bits per heavy atom. The number of para-hydroxylation sites is 3. The fourth-order valence-corrected chi connectivity index (χ4v) is 18.6. The Bertz CT molecular complexity index is 7780. The fourth-order valence-electron chi connectivity index (χ4n) is 18.6. The Morgan fingerprint density at radius 1 is 0.359 bits per heavy atom. The molecule has 2 N–H and O–H groups in total. The van der Waals surface area contributed by atoms with E-state index in [1.54, 1.807) is 6.20 Å². The summed E-state index contributed by atoms with van der Waals surface area (Å²) in [4.78, 5) is 59.7. The van der Waals surface area contributed by atoms with E-state index in [1.807, 2.05) is 152 Å². The molecule has 13 aromatic carbocycles. The van der Waals surface area contributed by atoms with Crippen molar-refractivity contribution in [2.75, 3.05) is 4.90 Å². The maximum atomic E-state index is 10.0. The predicted octanol–water partition coefficient (Wildman–Crippen LogP) is 29.7. The van der Waals surface area contributed by atoms with Gasteiger partial charge in [0.05, 0.1) is 33.8 Å². The summed E-state index contributed by atoms with van der Waals surface area (Å²) < 4.78 is 2.58. The van der Waals surface area contributed by atoms with Crippen LogP contribution in [-0.4, -0.2) is 66.2 Å². The average Bonchev–Trinajstić information content (AvgIpc) is 1.40. The number of rotatable bonds is 13. The molecule has 1 aliphatic carbocycles. The molecule has 7 aromatic heterocycles. The number of hydrogen-bond donors (Lipinski definition) is 2. The zero-order valence-electron chi connectivity index (χ0n) is 80.6. The second kappa shape index (κ2) is 44.7. The third kappa shape index (κ3) is 21.9. The summed E-state index contributed by atoms with van der Waals surface area (Å²) in [6.45, 7) is 26.1. The van der Waals surface area contributed by atoms with Crippen molar-refractivity contribution in [3.8, 4) is 107 Å². The molecule has 0 spiro atoms. The van der Waals surface area contributed by atoms with Gasteiger partial charge in [0, 0.05) is 141 Å². The van der Waals surface area contributed by atoms with E-state index >= 15 is 0 Å². The van der Waals surface area contributed by atoms with Crippen molar-refractivity contribution in [1.29, 1.82) is 0 Å². The quantitative estimate of drug-likeness (QED) is 0.0632. The number of fused-ring (bicyclic) bond motifs is 6. The summed E-state index contributed by atoms with van der Waals surface area (Å²) in [7, 11) is 0. The van der Waals surface area contributed by atoms with Crippen LogP contribution in [0, 0.1) is 51.1 Å². The second-order valence-corrected chi connectivity index (χ2v) is 36.4. The molecule has 0 bridgehead atoms. The minimum absolute atomic E-state index is 0. The Kier molecular flexibility index (Phi) is 32.6. The van der Waals surface area contributed by atoms with Crippen LogP contribution in [0.15, 0.2) is 376 Å². The van der Waals surface area contributed by atoms with E-state index in [1.165, 1.54) is 139 Å². The van der Waals surface area contributed by atoms with Gasteiger partial charge in [0.2, 0.25) is 0 Å². The molecule has 23 rings (SSSR count). The average molecular weight is 2570 g/mol. The first-order valence-electron chi connectivity index (χ1n) is 46.1. The van der Waals surface area contributed by atoms with Gasteiger partial charge in [0.15, 0.2) is 23.2 Å². The summed E-state index contributed by atoms with van der Waals surface area (Å²) >= 11 is 0. The number of aliphatic hydroxyl groups excluding tert-OH is 2. The maximum absolute atomic E-state index is 10.0. The van der Waals surface area contributed by atoms with Crippen LogP contribution in [0.1, 0.15) is 119 Å². The number of aromatic nitrogens is 9. The molecule has 0 saturated carbocycles. The van der Waals surface area contributed by atoms with Gasteiger partial charge < -0.3 is 34.6 Å². The van der Waals surface area contributed by atoms with Crippen molar-refractivity contribution in [3.63, 3.8) is 0 Å². The van der Waals surface area contributed by atoms with Crippen LogP contribution in [0.4, 0.5) is 17.1 Å². The topological polar surface area (TPSA) is 186 Å². The zero-order chi connectivity index (χ0) is 96.1. The summed E-state index contributed by atoms with van der Waals surface area (Å²) in [5.41, 5.74) is 34.1. The standard InChI is InChI=1S/C46H34N4.C28H21N4.C24H18N.C16H12N.2C5H8O2.3Ir.Pt/c1-45(2)36-19-11-17-34-35-18-12-20-37-43(35)50(42(34)36)44-38(45)27-33(28-39(44)46(37,3)4)49(31-15-9-13-29(25-31)40-21-5-7-23-47-40)32-16-10-14-30(26-32)41-22-6-8-24-48-41;1-19-6-10-22(11-7-19)26-30-27(23-12-8-20(2)9-13-23)32-28(31-26)24-16-14-21(15-17-24)25-5-3-4-18-29-25;1-24(2)20-9-5-4-8-18(20)19-13-11-17(15-21(19)24)23-14-12-16-7-3-6-10-22(16)25-23;1-12-10-13-6-2-3-7-14(13)11-15(12)16-8-4-5-9-17-16;2*1-4(6)3-5(2)7;;;;/h5-24,27-28H,1-4H3;3-14,16-18H,1-2H3;3-10,12-15H,1-2H3;2-10H,1H3;2*3,6H,1-2H3;;;;/q-2;3*-1;;;;;;+2. The maximum Gasteiger partial charge on any atom is 2.00 e. The van der Waals surface area contributed by atoms with Gasteiger partial charge in [-0.3, -0.25) is 19.6 Å². The molecule has 2 aliphatic heterocycles. The van der Waals surface area contributed by atoms with Crippen molar-refractivity contribution in [1.82, 2.24) is 44.4 Å². The van der Waals surface area contributed by atoms with Crippen LogP contribution in [0.5, 0.6) is 0 Å². The third-order valence-electron chi connectivity index (χ3n) is 25.4. The molecule has 9 heterocycles. The van der Waals surface area contributed by atoms with Crippen molar-refractivity contribution >= 4 is 72.1 Å². The SMILES string of the molecule is CC(=O)C=C(C)O.CC(=O)C=C(C)O.CC1(C)c2cc(N(c3[c-]c(-c4ccccn4)ccc3)c3[c-]c(-c4ccccn4)ccc3)cc3c2-n2c4c1cccc4c1cccc(c12)C3(C)C.CC1(C)c2ccccc2-c2c[c-]c(-c3ccc4ccccc4n3)cc21.Cc1cc2ccccc2[c-]c1-c1ccccn1.Cc1ccc(-c2nc(-c3c[c-]c(-c4ccccn4)cc3)nc(-c3ccc(C)cc3)n2)cc1.[Ir].[Ir].[Ir].[Pt+2]. The van der Waals surface area contributed by atoms with Crippen molar-refractivity contribution in [2.24, 2.45) is 0 Å². The Morgan fingerprint density at radius 2 is 0.796 bits per heavy atom. The summed E-state index contributed by atoms with van der Waals surface area (Å²) in [6, 6.07) is 131. The molecule has 0 unspecified atom stereocenters. The number of aryl methyl sites for hydroxylation is 3. The first kappa shape index (κ1) is 104. The third-order valence-corrected chi connectivity index (χ3v) is 25.4. The van der Waals surface area contributed by atoms with Crippen LogP contribution >= 0.6 is 0 Å². The molecule has 711 valence electrons. The Labute approximate surface area is 884 Å². The van der Waals surface area contributed by atoms with Crippen LogP contribution in [0.2, 0.25) is 0 Å². The van der Waals surface area contributed by atoms with E-state index in [4.69, 9.17) is 30.1 Å². The first-order chi connectivity index (χ1) is 66.7. The van der Waals surface area contributed by atoms with Crippen LogP contribution in [0.25, 0.3) is 151 Å². The van der Waals surface area contributed by atoms with E-state index in [0.29, 0.717) is 17.5 Å². The van der Waals surface area contributed by atoms with Gasteiger partial charge in [-0.1, -0.05) is 293 Å². The minimum atomic E-state index is -0.248. The van der Waals surface area contributed by atoms with Crippen LogP contribution < -0.4 is 4.90 Å². The first-order valence-corrected chi connectivity index (χ1v) is 46.1. The molecule has 0 saturated heterocycles. The smallest absolute Gasteiger partial charge is 0.512 e. The van der Waals surface area contributed by atoms with E-state index in [-0.39, 0.29) is 121 Å². The van der Waals surface area contributed by atoms with Gasteiger partial charge in [-0.25, -0.2) is 15.0 Å². The van der Waals surface area contributed by atoms with E-state index in [2.05, 4.69) is 316 Å². The molecular weight excluding hydrogens is 2470 g/mol. The number of allylic oxidation sites excluding steroid dienone is 4. The van der Waals surface area contributed by atoms with Gasteiger partial charge in [0.1, 0.15) is 5.82 Å². The number of aliphatic hydroxyl groups is 2. The summed E-state index contributed by atoms with van der Waals surface area (Å²) in [5, 5.41) is 22.9. The number of carbonyl (C=O) groups excluding carboxylic acids is 2. The summed E-state index contributed by atoms with van der Waals surface area (Å²) in [5.74, 6) is 1.80. The van der Waals surface area contributed by atoms with E-state index in [9.17, 15) is 9.59 Å². The molecule has 0 atom stereocenters. The molecule has 0 amide bonds. The molecule has 20 aromatic rings. The fraction of sp³-hybridized carbons (Fsp3) is 0.129. The van der Waals surface area contributed by atoms with Gasteiger partial charge in [-0.2, -0.15) is 0 Å². The van der Waals surface area contributed by atoms with E-state index in [0.717, 1.165) is 101 Å². The molecule has 0 fully saturated rings. The van der Waals surface area contributed by atoms with Crippen molar-refractivity contribution in [3.05, 3.63) is 456 Å². The van der Waals surface area contributed by atoms with Gasteiger partial charge in [-0.05, 0) is 157 Å². The molecule has 142 heavy (non-hydrogen) atoms. The normalized spacial score (nSPS) is 12.5. The second-order valence-electron chi connectivity index (χ2n) is 36.4. The Hall–Kier alpha value is -14.2. The van der Waals surface area contributed by atoms with Crippen LogP contribution in [0.3, 0.4) is 0 Å². The largest absolute Gasteiger partial charge is 2.00 e. The van der Waals surface area contributed by atoms with Gasteiger partial charge in [-0.15, -0.1) is 148 Å². The molecular formula is C124H101Ir3N10O4Pt-3. The number of benzene rings is 13. The molecule has 14 nitrogen and oxygen atoms in total. The number of anilines is 3. The monoisotopic (exact) mass is 2570 g/mol. The zero-order valence-corrected chi connectivity index (χ0v) is 90.1. The number of carbonyl (C=O) groups is 2. The summed E-state index contributed by atoms with van der Waals surface area (Å²) in [6.07, 6.45) is 9.60. The number of nitrogens with zero attached hydrogens (tertiary/aromatic N) is 10. The van der Waals surface area contributed by atoms with Crippen molar-refractivity contribution < 1.29 is 101 Å². The number of hydrogen-bond acceptors (Lipinski definition) is 13. The number of ketones is 2.